The van der Waals surface area contributed by atoms with Gasteiger partial charge >= 0.3 is 0 Å². The summed E-state index contributed by atoms with van der Waals surface area (Å²) in [6, 6.07) is 0. The molecule has 0 spiro atoms. The van der Waals surface area contributed by atoms with Crippen molar-refractivity contribution in [2.45, 2.75) is 57.5 Å². The van der Waals surface area contributed by atoms with Crippen LogP contribution in [0.3, 0.4) is 0 Å². The summed E-state index contributed by atoms with van der Waals surface area (Å²) in [4.78, 5) is 25.1. The number of fused-ring (bicyclic) bond motifs is 2. The Morgan fingerprint density at radius 2 is 1.44 bits per heavy atom. The van der Waals surface area contributed by atoms with Crippen molar-refractivity contribution in [2.24, 2.45) is 23.7 Å². The van der Waals surface area contributed by atoms with Crippen LogP contribution in [-0.2, 0) is 9.59 Å². The first-order chi connectivity index (χ1) is 8.49. The molecular weight excluding hydrogens is 228 g/mol. The first kappa shape index (κ1) is 12.3. The van der Waals surface area contributed by atoms with Gasteiger partial charge in [-0.05, 0) is 39.0 Å². The number of carbonyl (C=O) groups excluding carboxylic acids is 2. The normalized spacial score (nSPS) is 48.6. The Morgan fingerprint density at radius 3 is 2.06 bits per heavy atom. The van der Waals surface area contributed by atoms with Crippen LogP contribution < -0.4 is 0 Å². The highest BCUT2D eigenvalue weighted by atomic mass is 16.3. The smallest absolute Gasteiger partial charge is 0.140 e. The summed E-state index contributed by atoms with van der Waals surface area (Å²) in [5.74, 6) is 0.318. The lowest BCUT2D eigenvalue weighted by molar-refractivity contribution is -0.156. The van der Waals surface area contributed by atoms with Crippen molar-refractivity contribution in [1.82, 2.24) is 0 Å². The summed E-state index contributed by atoms with van der Waals surface area (Å²) in [6.07, 6.45) is 5.82. The van der Waals surface area contributed by atoms with E-state index in [1.807, 2.05) is 0 Å². The lowest BCUT2D eigenvalue weighted by Crippen LogP contribution is -2.53. The molecule has 3 aliphatic carbocycles. The highest BCUT2D eigenvalue weighted by Crippen LogP contribution is 2.48. The van der Waals surface area contributed by atoms with Crippen molar-refractivity contribution in [3.63, 3.8) is 0 Å². The molecule has 0 amide bonds. The van der Waals surface area contributed by atoms with E-state index in [0.29, 0.717) is 25.0 Å². The fourth-order valence-corrected chi connectivity index (χ4v) is 4.39. The molecule has 5 unspecified atom stereocenters. The second-order valence-corrected chi connectivity index (χ2v) is 6.75. The topological polar surface area (TPSA) is 54.4 Å². The summed E-state index contributed by atoms with van der Waals surface area (Å²) in [5.41, 5.74) is -0.751. The molecule has 0 heterocycles. The molecule has 3 saturated carbocycles. The molecule has 3 fully saturated rings. The number of carbonyl (C=O) groups is 2. The molecule has 3 rings (SSSR count). The van der Waals surface area contributed by atoms with Crippen LogP contribution in [0.5, 0.6) is 0 Å². The van der Waals surface area contributed by atoms with Crippen LogP contribution in [0.1, 0.15) is 51.9 Å². The second-order valence-electron chi connectivity index (χ2n) is 6.75. The summed E-state index contributed by atoms with van der Waals surface area (Å²) >= 11 is 0. The zero-order chi connectivity index (χ0) is 12.9. The molecule has 0 bridgehead atoms. The van der Waals surface area contributed by atoms with E-state index < -0.39 is 5.60 Å². The number of Topliss-reactive ketones (excluding diaryl/α,β-unsaturated/α-hetero) is 2. The third-order valence-corrected chi connectivity index (χ3v) is 5.37. The Balaban J connectivity index is 1.88. The van der Waals surface area contributed by atoms with Crippen molar-refractivity contribution in [2.75, 3.05) is 0 Å². The van der Waals surface area contributed by atoms with E-state index in [1.54, 1.807) is 6.92 Å². The fourth-order valence-electron chi connectivity index (χ4n) is 4.39. The highest BCUT2D eigenvalue weighted by Gasteiger charge is 2.53. The van der Waals surface area contributed by atoms with Gasteiger partial charge in [0.25, 0.3) is 0 Å². The summed E-state index contributed by atoms with van der Waals surface area (Å²) < 4.78 is 0. The van der Waals surface area contributed by atoms with Crippen LogP contribution in [0, 0.1) is 23.7 Å². The summed E-state index contributed by atoms with van der Waals surface area (Å²) in [6.45, 7) is 1.80. The van der Waals surface area contributed by atoms with Crippen LogP contribution in [-0.4, -0.2) is 22.3 Å². The van der Waals surface area contributed by atoms with Gasteiger partial charge in [0.1, 0.15) is 11.6 Å². The van der Waals surface area contributed by atoms with Gasteiger partial charge in [-0.15, -0.1) is 0 Å². The van der Waals surface area contributed by atoms with E-state index in [1.165, 1.54) is 0 Å². The van der Waals surface area contributed by atoms with Crippen molar-refractivity contribution in [1.29, 1.82) is 0 Å². The molecule has 0 aromatic carbocycles. The van der Waals surface area contributed by atoms with E-state index >= 15 is 0 Å². The van der Waals surface area contributed by atoms with Crippen LogP contribution >= 0.6 is 0 Å². The molecule has 0 aromatic rings. The molecule has 3 nitrogen and oxygen atoms in total. The molecular formula is C15H22O3. The molecule has 5 atom stereocenters. The molecule has 0 aliphatic heterocycles. The zero-order valence-electron chi connectivity index (χ0n) is 11.0. The minimum atomic E-state index is -0.751. The predicted octanol–water partition coefficient (Wildman–Crippen LogP) is 2.11. The minimum Gasteiger partial charge on any atom is -0.390 e. The lowest BCUT2D eigenvalue weighted by Gasteiger charge is -2.46. The highest BCUT2D eigenvalue weighted by molar-refractivity contribution is 5.99. The van der Waals surface area contributed by atoms with Crippen molar-refractivity contribution >= 4 is 11.6 Å². The van der Waals surface area contributed by atoms with E-state index in [2.05, 4.69) is 0 Å². The number of hydrogen-bond acceptors (Lipinski definition) is 3. The Morgan fingerprint density at radius 1 is 0.944 bits per heavy atom. The molecule has 100 valence electrons. The summed E-state index contributed by atoms with van der Waals surface area (Å²) in [5, 5.41) is 10.1. The Labute approximate surface area is 108 Å². The molecule has 3 heteroatoms. The Bertz CT molecular complexity index is 385. The first-order valence-electron chi connectivity index (χ1n) is 7.29. The number of hydrogen-bond donors (Lipinski definition) is 1. The standard InChI is InChI=1S/C15H22O3/c1-15(18)7-6-11-12(8-15)14(17)10-5-3-2-4-9(10)13(11)16/h9-12,18H,2-8H2,1H3. The maximum absolute atomic E-state index is 12.6. The van der Waals surface area contributed by atoms with Crippen LogP contribution in [0.4, 0.5) is 0 Å². The van der Waals surface area contributed by atoms with E-state index in [-0.39, 0.29) is 29.5 Å². The average molecular weight is 250 g/mol. The van der Waals surface area contributed by atoms with Gasteiger partial charge in [-0.2, -0.15) is 0 Å². The maximum atomic E-state index is 12.6. The van der Waals surface area contributed by atoms with Gasteiger partial charge in [-0.3, -0.25) is 9.59 Å². The van der Waals surface area contributed by atoms with Crippen molar-refractivity contribution in [3.8, 4) is 0 Å². The molecule has 0 radical (unpaired) electrons. The van der Waals surface area contributed by atoms with E-state index in [9.17, 15) is 14.7 Å². The van der Waals surface area contributed by atoms with Gasteiger partial charge in [-0.1, -0.05) is 12.8 Å². The van der Waals surface area contributed by atoms with Gasteiger partial charge in [0.2, 0.25) is 0 Å². The van der Waals surface area contributed by atoms with Crippen LogP contribution in [0.15, 0.2) is 0 Å². The van der Waals surface area contributed by atoms with Crippen LogP contribution in [0.2, 0.25) is 0 Å². The molecule has 18 heavy (non-hydrogen) atoms. The molecule has 1 N–H and O–H groups in total. The van der Waals surface area contributed by atoms with Crippen molar-refractivity contribution < 1.29 is 14.7 Å². The van der Waals surface area contributed by atoms with E-state index in [4.69, 9.17) is 0 Å². The fraction of sp³-hybridized carbons (Fsp3) is 0.867. The average Bonchev–Trinajstić information content (AvgIpc) is 2.35. The third-order valence-electron chi connectivity index (χ3n) is 5.37. The van der Waals surface area contributed by atoms with E-state index in [0.717, 1.165) is 25.7 Å². The monoisotopic (exact) mass is 250 g/mol. The molecule has 3 aliphatic rings. The maximum Gasteiger partial charge on any atom is 0.140 e. The lowest BCUT2D eigenvalue weighted by atomic mass is 9.56. The van der Waals surface area contributed by atoms with Crippen LogP contribution in [0.25, 0.3) is 0 Å². The third kappa shape index (κ3) is 1.83. The Kier molecular flexibility index (Phi) is 2.85. The van der Waals surface area contributed by atoms with Gasteiger partial charge < -0.3 is 5.11 Å². The Hall–Kier alpha value is -0.700. The SMILES string of the molecule is CC1(O)CCC2C(=O)C3CCCCC3C(=O)C2C1. The number of rotatable bonds is 0. The van der Waals surface area contributed by atoms with Gasteiger partial charge in [0.15, 0.2) is 0 Å². The minimum absolute atomic E-state index is 0.00977. The molecule has 0 aromatic heterocycles. The number of ketones is 2. The van der Waals surface area contributed by atoms with Gasteiger partial charge in [0.05, 0.1) is 5.60 Å². The number of aliphatic hydroxyl groups is 1. The first-order valence-corrected chi connectivity index (χ1v) is 7.29. The van der Waals surface area contributed by atoms with Crippen molar-refractivity contribution in [3.05, 3.63) is 0 Å². The predicted molar refractivity (Wildman–Crippen MR) is 66.9 cm³/mol. The zero-order valence-corrected chi connectivity index (χ0v) is 11.0. The van der Waals surface area contributed by atoms with Gasteiger partial charge in [-0.25, -0.2) is 0 Å². The summed E-state index contributed by atoms with van der Waals surface area (Å²) in [7, 11) is 0. The second kappa shape index (κ2) is 4.16. The van der Waals surface area contributed by atoms with Gasteiger partial charge in [0, 0.05) is 23.7 Å². The molecule has 0 saturated heterocycles. The quantitative estimate of drug-likeness (QED) is 0.716. The largest absolute Gasteiger partial charge is 0.390 e.